The van der Waals surface area contributed by atoms with E-state index in [1.54, 1.807) is 18.5 Å². The first kappa shape index (κ1) is 19.4. The number of aromatic nitrogens is 3. The molecular weight excluding hydrogens is 383 g/mol. The SMILES string of the molecule is Cc1oc(-c2ccc(C(F)(F)F)cc2)nc1CN1CCN(c2ncccn2)CC1. The molecule has 0 amide bonds. The number of nitrogens with zero attached hydrogens (tertiary/aromatic N) is 5. The zero-order valence-corrected chi connectivity index (χ0v) is 15.9. The Hall–Kier alpha value is -2.94. The van der Waals surface area contributed by atoms with Crippen molar-refractivity contribution in [3.8, 4) is 11.5 Å². The van der Waals surface area contributed by atoms with Crippen LogP contribution >= 0.6 is 0 Å². The predicted octanol–water partition coefficient (Wildman–Crippen LogP) is 3.78. The summed E-state index contributed by atoms with van der Waals surface area (Å²) in [6, 6.07) is 6.65. The maximum Gasteiger partial charge on any atom is 0.416 e. The molecule has 0 unspecified atom stereocenters. The number of halogens is 3. The van der Waals surface area contributed by atoms with Gasteiger partial charge in [-0.3, -0.25) is 4.90 Å². The first-order valence-electron chi connectivity index (χ1n) is 9.28. The second kappa shape index (κ2) is 7.82. The second-order valence-electron chi connectivity index (χ2n) is 6.91. The molecule has 1 aliphatic heterocycles. The number of hydrogen-bond acceptors (Lipinski definition) is 6. The number of benzene rings is 1. The van der Waals surface area contributed by atoms with Gasteiger partial charge in [0.05, 0.1) is 11.3 Å². The Morgan fingerprint density at radius 2 is 1.66 bits per heavy atom. The summed E-state index contributed by atoms with van der Waals surface area (Å²) in [7, 11) is 0. The molecule has 0 N–H and O–H groups in total. The van der Waals surface area contributed by atoms with E-state index >= 15 is 0 Å². The van der Waals surface area contributed by atoms with Crippen molar-refractivity contribution in [2.24, 2.45) is 0 Å². The molecule has 3 heterocycles. The molecule has 6 nitrogen and oxygen atoms in total. The van der Waals surface area contributed by atoms with Crippen molar-refractivity contribution in [2.75, 3.05) is 31.1 Å². The standard InChI is InChI=1S/C20H20F3N5O/c1-14-17(13-27-9-11-28(12-10-27)19-24-7-2-8-25-19)26-18(29-14)15-3-5-16(6-4-15)20(21,22)23/h2-8H,9-13H2,1H3. The lowest BCUT2D eigenvalue weighted by Gasteiger charge is -2.34. The van der Waals surface area contributed by atoms with E-state index in [0.717, 1.165) is 50.0 Å². The lowest BCUT2D eigenvalue weighted by molar-refractivity contribution is -0.137. The van der Waals surface area contributed by atoms with Gasteiger partial charge in [0.1, 0.15) is 5.76 Å². The third-order valence-corrected chi connectivity index (χ3v) is 4.93. The first-order chi connectivity index (χ1) is 13.9. The molecule has 3 aromatic rings. The summed E-state index contributed by atoms with van der Waals surface area (Å²) in [5, 5.41) is 0. The first-order valence-corrected chi connectivity index (χ1v) is 9.28. The molecule has 0 spiro atoms. The summed E-state index contributed by atoms with van der Waals surface area (Å²) in [4.78, 5) is 17.5. The Kier molecular flexibility index (Phi) is 5.23. The monoisotopic (exact) mass is 403 g/mol. The number of oxazole rings is 1. The Morgan fingerprint density at radius 3 is 2.28 bits per heavy atom. The second-order valence-corrected chi connectivity index (χ2v) is 6.91. The van der Waals surface area contributed by atoms with Crippen LogP contribution in [-0.2, 0) is 12.7 Å². The van der Waals surface area contributed by atoms with Crippen LogP contribution in [0.3, 0.4) is 0 Å². The van der Waals surface area contributed by atoms with Gasteiger partial charge < -0.3 is 9.32 Å². The number of rotatable bonds is 4. The fourth-order valence-electron chi connectivity index (χ4n) is 3.27. The number of anilines is 1. The molecule has 2 aromatic heterocycles. The zero-order valence-electron chi connectivity index (χ0n) is 15.9. The van der Waals surface area contributed by atoms with Gasteiger partial charge in [0, 0.05) is 50.7 Å². The van der Waals surface area contributed by atoms with E-state index in [4.69, 9.17) is 4.42 Å². The summed E-state index contributed by atoms with van der Waals surface area (Å²) >= 11 is 0. The minimum absolute atomic E-state index is 0.336. The van der Waals surface area contributed by atoms with E-state index in [-0.39, 0.29) is 0 Å². The van der Waals surface area contributed by atoms with E-state index in [9.17, 15) is 13.2 Å². The highest BCUT2D eigenvalue weighted by atomic mass is 19.4. The average molecular weight is 403 g/mol. The molecule has 4 rings (SSSR count). The number of alkyl halides is 3. The van der Waals surface area contributed by atoms with E-state index < -0.39 is 11.7 Å². The quantitative estimate of drug-likeness (QED) is 0.661. The Balaban J connectivity index is 1.40. The number of aryl methyl sites for hydroxylation is 1. The number of piperazine rings is 1. The number of hydrogen-bond donors (Lipinski definition) is 0. The van der Waals surface area contributed by atoms with Crippen LogP contribution in [0.15, 0.2) is 47.1 Å². The molecule has 0 saturated carbocycles. The van der Waals surface area contributed by atoms with E-state index in [1.165, 1.54) is 12.1 Å². The van der Waals surface area contributed by atoms with Crippen LogP contribution < -0.4 is 4.90 Å². The van der Waals surface area contributed by atoms with Gasteiger partial charge in [-0.1, -0.05) is 0 Å². The van der Waals surface area contributed by atoms with Gasteiger partial charge in [-0.2, -0.15) is 13.2 Å². The van der Waals surface area contributed by atoms with Gasteiger partial charge in [-0.05, 0) is 37.3 Å². The molecule has 9 heteroatoms. The zero-order chi connectivity index (χ0) is 20.4. The van der Waals surface area contributed by atoms with Crippen molar-refractivity contribution in [1.29, 1.82) is 0 Å². The Morgan fingerprint density at radius 1 is 1.00 bits per heavy atom. The third kappa shape index (κ3) is 4.40. The highest BCUT2D eigenvalue weighted by Crippen LogP contribution is 2.31. The highest BCUT2D eigenvalue weighted by molar-refractivity contribution is 5.54. The van der Waals surface area contributed by atoms with Crippen molar-refractivity contribution in [2.45, 2.75) is 19.6 Å². The average Bonchev–Trinajstić information content (AvgIpc) is 3.09. The van der Waals surface area contributed by atoms with Crippen LogP contribution in [0.25, 0.3) is 11.5 Å². The lowest BCUT2D eigenvalue weighted by atomic mass is 10.1. The van der Waals surface area contributed by atoms with Gasteiger partial charge in [0.2, 0.25) is 11.8 Å². The van der Waals surface area contributed by atoms with Gasteiger partial charge in [0.15, 0.2) is 0 Å². The molecule has 1 aromatic carbocycles. The molecule has 0 aliphatic carbocycles. The minimum Gasteiger partial charge on any atom is -0.441 e. The minimum atomic E-state index is -4.36. The normalized spacial score (nSPS) is 15.7. The van der Waals surface area contributed by atoms with Crippen molar-refractivity contribution >= 4 is 5.95 Å². The molecule has 1 aliphatic rings. The fraction of sp³-hybridized carbons (Fsp3) is 0.350. The van der Waals surface area contributed by atoms with Crippen LogP contribution in [-0.4, -0.2) is 46.0 Å². The molecule has 152 valence electrons. The van der Waals surface area contributed by atoms with Crippen molar-refractivity contribution < 1.29 is 17.6 Å². The summed E-state index contributed by atoms with van der Waals surface area (Å²) in [6.45, 7) is 5.74. The summed E-state index contributed by atoms with van der Waals surface area (Å²) in [5.41, 5.74) is 0.632. The van der Waals surface area contributed by atoms with Crippen LogP contribution in [0.4, 0.5) is 19.1 Å². The molecule has 0 bridgehead atoms. The van der Waals surface area contributed by atoms with E-state index in [1.807, 2.05) is 6.92 Å². The molecule has 1 fully saturated rings. The maximum absolute atomic E-state index is 12.7. The van der Waals surface area contributed by atoms with E-state index in [0.29, 0.717) is 23.8 Å². The molecule has 0 atom stereocenters. The van der Waals surface area contributed by atoms with Crippen molar-refractivity contribution in [1.82, 2.24) is 19.9 Å². The van der Waals surface area contributed by atoms with Crippen LogP contribution in [0.5, 0.6) is 0 Å². The Labute approximate surface area is 166 Å². The fourth-order valence-corrected chi connectivity index (χ4v) is 3.27. The summed E-state index contributed by atoms with van der Waals surface area (Å²) in [6.07, 6.45) is -0.893. The maximum atomic E-state index is 12.7. The van der Waals surface area contributed by atoms with Crippen LogP contribution in [0, 0.1) is 6.92 Å². The third-order valence-electron chi connectivity index (χ3n) is 4.93. The summed E-state index contributed by atoms with van der Waals surface area (Å²) < 4.78 is 43.9. The smallest absolute Gasteiger partial charge is 0.416 e. The molecule has 29 heavy (non-hydrogen) atoms. The van der Waals surface area contributed by atoms with E-state index in [2.05, 4.69) is 24.8 Å². The predicted molar refractivity (Wildman–Crippen MR) is 101 cm³/mol. The molecule has 1 saturated heterocycles. The molecular formula is C20H20F3N5O. The highest BCUT2D eigenvalue weighted by Gasteiger charge is 2.30. The largest absolute Gasteiger partial charge is 0.441 e. The topological polar surface area (TPSA) is 58.3 Å². The Bertz CT molecular complexity index is 948. The lowest BCUT2D eigenvalue weighted by Crippen LogP contribution is -2.46. The van der Waals surface area contributed by atoms with Crippen molar-refractivity contribution in [3.05, 3.63) is 59.7 Å². The van der Waals surface area contributed by atoms with Crippen molar-refractivity contribution in [3.63, 3.8) is 0 Å². The van der Waals surface area contributed by atoms with Gasteiger partial charge in [0.25, 0.3) is 0 Å². The molecule has 0 radical (unpaired) electrons. The van der Waals surface area contributed by atoms with Gasteiger partial charge >= 0.3 is 6.18 Å². The van der Waals surface area contributed by atoms with Gasteiger partial charge in [-0.25, -0.2) is 15.0 Å². The van der Waals surface area contributed by atoms with Gasteiger partial charge in [-0.15, -0.1) is 0 Å². The van der Waals surface area contributed by atoms with Crippen LogP contribution in [0.1, 0.15) is 17.0 Å². The van der Waals surface area contributed by atoms with Crippen LogP contribution in [0.2, 0.25) is 0 Å². The summed E-state index contributed by atoms with van der Waals surface area (Å²) in [5.74, 6) is 1.74.